The summed E-state index contributed by atoms with van der Waals surface area (Å²) in [4.78, 5) is 13.2. The Morgan fingerprint density at radius 3 is 2.56 bits per heavy atom. The molecule has 0 radical (unpaired) electrons. The van der Waals surface area contributed by atoms with Crippen LogP contribution in [-0.2, 0) is 4.79 Å². The molecule has 1 aliphatic carbocycles. The topological polar surface area (TPSA) is 40.5 Å². The zero-order valence-electron chi connectivity index (χ0n) is 10.6. The predicted molar refractivity (Wildman–Crippen MR) is 65.5 cm³/mol. The minimum absolute atomic E-state index is 0.277. The van der Waals surface area contributed by atoms with E-state index in [1.165, 1.54) is 25.7 Å². The molecule has 0 heterocycles. The monoisotopic (exact) mass is 227 g/mol. The third-order valence-electron chi connectivity index (χ3n) is 3.67. The van der Waals surface area contributed by atoms with E-state index in [1.54, 1.807) is 0 Å². The summed E-state index contributed by atoms with van der Waals surface area (Å²) in [7, 11) is 1.97. The van der Waals surface area contributed by atoms with E-state index in [0.29, 0.717) is 0 Å². The summed E-state index contributed by atoms with van der Waals surface area (Å²) in [6.45, 7) is 3.07. The zero-order chi connectivity index (χ0) is 12.0. The second-order valence-electron chi connectivity index (χ2n) is 5.09. The first-order valence-electron chi connectivity index (χ1n) is 6.58. The van der Waals surface area contributed by atoms with Gasteiger partial charge in [-0.05, 0) is 32.2 Å². The van der Waals surface area contributed by atoms with Gasteiger partial charge in [0.1, 0.15) is 6.04 Å². The Morgan fingerprint density at radius 1 is 1.44 bits per heavy atom. The highest BCUT2D eigenvalue weighted by Gasteiger charge is 2.25. The van der Waals surface area contributed by atoms with Gasteiger partial charge in [-0.15, -0.1) is 0 Å². The van der Waals surface area contributed by atoms with Gasteiger partial charge < -0.3 is 5.11 Å². The quantitative estimate of drug-likeness (QED) is 0.727. The van der Waals surface area contributed by atoms with Crippen LogP contribution in [0, 0.1) is 5.92 Å². The molecule has 1 fully saturated rings. The normalized spacial score (nSPS) is 19.2. The largest absolute Gasteiger partial charge is 0.480 e. The molecule has 0 amide bonds. The van der Waals surface area contributed by atoms with E-state index in [4.69, 9.17) is 0 Å². The lowest BCUT2D eigenvalue weighted by Gasteiger charge is -2.27. The molecule has 1 unspecified atom stereocenters. The van der Waals surface area contributed by atoms with Gasteiger partial charge in [-0.2, -0.15) is 0 Å². The second-order valence-corrected chi connectivity index (χ2v) is 5.09. The smallest absolute Gasteiger partial charge is 0.320 e. The predicted octanol–water partition coefficient (Wildman–Crippen LogP) is 2.75. The Morgan fingerprint density at radius 2 is 2.06 bits per heavy atom. The third kappa shape index (κ3) is 4.12. The Bertz CT molecular complexity index is 212. The molecule has 1 saturated carbocycles. The number of unbranched alkanes of at least 4 members (excludes halogenated alkanes) is 1. The molecule has 1 N–H and O–H groups in total. The molecule has 3 heteroatoms. The minimum Gasteiger partial charge on any atom is -0.480 e. The maximum Gasteiger partial charge on any atom is 0.320 e. The average molecular weight is 227 g/mol. The SMILES string of the molecule is CCCCC(C(=O)O)N(C)CC1CCCC1. The molecule has 94 valence electrons. The molecular weight excluding hydrogens is 202 g/mol. The molecule has 0 bridgehead atoms. The van der Waals surface area contributed by atoms with Gasteiger partial charge in [0, 0.05) is 6.54 Å². The van der Waals surface area contributed by atoms with E-state index in [2.05, 4.69) is 6.92 Å². The molecule has 1 atom stereocenters. The number of hydrogen-bond acceptors (Lipinski definition) is 2. The lowest BCUT2D eigenvalue weighted by atomic mass is 10.0. The average Bonchev–Trinajstić information content (AvgIpc) is 2.70. The Hall–Kier alpha value is -0.570. The second kappa shape index (κ2) is 6.89. The van der Waals surface area contributed by atoms with E-state index in [9.17, 15) is 9.90 Å². The highest BCUT2D eigenvalue weighted by Crippen LogP contribution is 2.26. The zero-order valence-corrected chi connectivity index (χ0v) is 10.6. The van der Waals surface area contributed by atoms with Gasteiger partial charge >= 0.3 is 5.97 Å². The van der Waals surface area contributed by atoms with Crippen molar-refractivity contribution in [3.05, 3.63) is 0 Å². The summed E-state index contributed by atoms with van der Waals surface area (Å²) >= 11 is 0. The van der Waals surface area contributed by atoms with Crippen LogP contribution in [0.3, 0.4) is 0 Å². The van der Waals surface area contributed by atoms with Crippen molar-refractivity contribution in [2.24, 2.45) is 5.92 Å². The lowest BCUT2D eigenvalue weighted by Crippen LogP contribution is -2.40. The maximum atomic E-state index is 11.2. The lowest BCUT2D eigenvalue weighted by molar-refractivity contribution is -0.143. The number of likely N-dealkylation sites (N-methyl/N-ethyl adjacent to an activating group) is 1. The van der Waals surface area contributed by atoms with Crippen LogP contribution in [0.25, 0.3) is 0 Å². The van der Waals surface area contributed by atoms with Crippen molar-refractivity contribution in [3.63, 3.8) is 0 Å². The molecular formula is C13H25NO2. The molecule has 16 heavy (non-hydrogen) atoms. The molecule has 1 aliphatic rings. The Kier molecular flexibility index (Phi) is 5.81. The number of rotatable bonds is 7. The fourth-order valence-electron chi connectivity index (χ4n) is 2.66. The van der Waals surface area contributed by atoms with Crippen molar-refractivity contribution in [2.75, 3.05) is 13.6 Å². The van der Waals surface area contributed by atoms with Crippen molar-refractivity contribution in [1.29, 1.82) is 0 Å². The molecule has 0 spiro atoms. The van der Waals surface area contributed by atoms with Crippen LogP contribution >= 0.6 is 0 Å². The van der Waals surface area contributed by atoms with Gasteiger partial charge in [-0.25, -0.2) is 0 Å². The number of aliphatic carboxylic acids is 1. The molecule has 0 saturated heterocycles. The van der Waals surface area contributed by atoms with E-state index in [0.717, 1.165) is 31.7 Å². The van der Waals surface area contributed by atoms with Crippen LogP contribution in [0.5, 0.6) is 0 Å². The van der Waals surface area contributed by atoms with Gasteiger partial charge in [0.05, 0.1) is 0 Å². The molecule has 3 nitrogen and oxygen atoms in total. The number of carboxylic acid groups (broad SMARTS) is 1. The molecule has 0 aliphatic heterocycles. The van der Waals surface area contributed by atoms with E-state index < -0.39 is 5.97 Å². The first-order valence-corrected chi connectivity index (χ1v) is 6.58. The van der Waals surface area contributed by atoms with Crippen molar-refractivity contribution in [1.82, 2.24) is 4.90 Å². The molecule has 0 aromatic heterocycles. The summed E-state index contributed by atoms with van der Waals surface area (Å²) in [5, 5.41) is 9.20. The standard InChI is InChI=1S/C13H25NO2/c1-3-4-9-12(13(15)16)14(2)10-11-7-5-6-8-11/h11-12H,3-10H2,1-2H3,(H,15,16). The summed E-state index contributed by atoms with van der Waals surface area (Å²) in [5.74, 6) is 0.0717. The van der Waals surface area contributed by atoms with Gasteiger partial charge in [0.2, 0.25) is 0 Å². The van der Waals surface area contributed by atoms with Crippen molar-refractivity contribution < 1.29 is 9.90 Å². The third-order valence-corrected chi connectivity index (χ3v) is 3.67. The molecule has 0 aromatic carbocycles. The number of nitrogens with zero attached hydrogens (tertiary/aromatic N) is 1. The highest BCUT2D eigenvalue weighted by molar-refractivity contribution is 5.73. The van der Waals surface area contributed by atoms with Gasteiger partial charge in [-0.3, -0.25) is 9.69 Å². The first kappa shape index (κ1) is 13.5. The van der Waals surface area contributed by atoms with E-state index >= 15 is 0 Å². The summed E-state index contributed by atoms with van der Waals surface area (Å²) < 4.78 is 0. The fraction of sp³-hybridized carbons (Fsp3) is 0.923. The molecule has 1 rings (SSSR count). The molecule has 0 aromatic rings. The summed E-state index contributed by atoms with van der Waals surface area (Å²) in [5.41, 5.74) is 0. The van der Waals surface area contributed by atoms with Crippen molar-refractivity contribution >= 4 is 5.97 Å². The van der Waals surface area contributed by atoms with Crippen LogP contribution in [0.1, 0.15) is 51.9 Å². The van der Waals surface area contributed by atoms with Gasteiger partial charge in [0.25, 0.3) is 0 Å². The summed E-state index contributed by atoms with van der Waals surface area (Å²) in [6, 6.07) is -0.277. The maximum absolute atomic E-state index is 11.2. The minimum atomic E-state index is -0.658. The van der Waals surface area contributed by atoms with Crippen LogP contribution in [0.2, 0.25) is 0 Å². The number of hydrogen-bond donors (Lipinski definition) is 1. The van der Waals surface area contributed by atoms with Crippen LogP contribution < -0.4 is 0 Å². The van der Waals surface area contributed by atoms with E-state index in [1.807, 2.05) is 11.9 Å². The van der Waals surface area contributed by atoms with Crippen molar-refractivity contribution in [2.45, 2.75) is 57.9 Å². The Labute approximate surface area is 98.8 Å². The highest BCUT2D eigenvalue weighted by atomic mass is 16.4. The first-order chi connectivity index (χ1) is 7.65. The van der Waals surface area contributed by atoms with Crippen LogP contribution in [-0.4, -0.2) is 35.6 Å². The number of carboxylic acids is 1. The van der Waals surface area contributed by atoms with Crippen molar-refractivity contribution in [3.8, 4) is 0 Å². The van der Waals surface area contributed by atoms with Gasteiger partial charge in [0.15, 0.2) is 0 Å². The van der Waals surface area contributed by atoms with Crippen LogP contribution in [0.4, 0.5) is 0 Å². The fourth-order valence-corrected chi connectivity index (χ4v) is 2.66. The Balaban J connectivity index is 2.39. The summed E-state index contributed by atoms with van der Waals surface area (Å²) in [6.07, 6.45) is 8.08. The van der Waals surface area contributed by atoms with E-state index in [-0.39, 0.29) is 6.04 Å². The van der Waals surface area contributed by atoms with Gasteiger partial charge in [-0.1, -0.05) is 32.6 Å². The van der Waals surface area contributed by atoms with Crippen LogP contribution in [0.15, 0.2) is 0 Å². The number of carbonyl (C=O) groups is 1.